The van der Waals surface area contributed by atoms with Gasteiger partial charge in [-0.05, 0) is 24.6 Å². The van der Waals surface area contributed by atoms with Crippen molar-refractivity contribution in [2.45, 2.75) is 19.4 Å². The normalized spacial score (nSPS) is 12.7. The maximum atomic E-state index is 12.5. The van der Waals surface area contributed by atoms with Gasteiger partial charge in [-0.25, -0.2) is 4.98 Å². The molecule has 0 saturated carbocycles. The van der Waals surface area contributed by atoms with Crippen molar-refractivity contribution in [2.24, 2.45) is 0 Å². The number of carbonyl (C=O) groups is 3. The van der Waals surface area contributed by atoms with E-state index in [0.29, 0.717) is 0 Å². The molecule has 3 aromatic rings. The molecule has 0 aliphatic carbocycles. The van der Waals surface area contributed by atoms with E-state index in [4.69, 9.17) is 0 Å². The zero-order valence-corrected chi connectivity index (χ0v) is 17.5. The van der Waals surface area contributed by atoms with Gasteiger partial charge in [0.2, 0.25) is 5.91 Å². The number of benzene rings is 1. The Morgan fingerprint density at radius 1 is 1.19 bits per heavy atom. The summed E-state index contributed by atoms with van der Waals surface area (Å²) < 4.78 is 0. The van der Waals surface area contributed by atoms with E-state index in [1.165, 1.54) is 29.5 Å². The van der Waals surface area contributed by atoms with Crippen molar-refractivity contribution in [3.8, 4) is 10.6 Å². The number of amides is 3. The number of nitrogens with zero attached hydrogens (tertiary/aromatic N) is 4. The molecule has 1 aliphatic heterocycles. The number of hydrogen-bond donors (Lipinski definition) is 1. The Morgan fingerprint density at radius 2 is 2.03 bits per heavy atom. The van der Waals surface area contributed by atoms with Gasteiger partial charge in [-0.15, -0.1) is 11.3 Å². The highest BCUT2D eigenvalue weighted by molar-refractivity contribution is 7.13. The Labute approximate surface area is 186 Å². The van der Waals surface area contributed by atoms with Gasteiger partial charge in [-0.3, -0.25) is 34.4 Å². The molecule has 10 nitrogen and oxygen atoms in total. The van der Waals surface area contributed by atoms with Crippen molar-refractivity contribution < 1.29 is 19.3 Å². The third-order valence-electron chi connectivity index (χ3n) is 4.89. The number of fused-ring (bicyclic) bond motifs is 1. The summed E-state index contributed by atoms with van der Waals surface area (Å²) in [6, 6.07) is 7.69. The Balaban J connectivity index is 1.28. The fourth-order valence-electron chi connectivity index (χ4n) is 3.36. The summed E-state index contributed by atoms with van der Waals surface area (Å²) in [6.07, 6.45) is 3.73. The molecule has 0 radical (unpaired) electrons. The molecule has 162 valence electrons. The number of rotatable bonds is 8. The molecule has 3 heterocycles. The number of nitrogens with one attached hydrogen (secondary N) is 1. The van der Waals surface area contributed by atoms with Gasteiger partial charge in [-0.2, -0.15) is 0 Å². The largest absolute Gasteiger partial charge is 0.350 e. The summed E-state index contributed by atoms with van der Waals surface area (Å²) in [5.41, 5.74) is 1.04. The summed E-state index contributed by atoms with van der Waals surface area (Å²) in [5, 5.41) is 16.6. The number of imide groups is 1. The SMILES string of the molecule is O=C(CCCN1C(=O)c2cccc([N+](=O)[O-])c2C1=O)NCc1csc(-c2cccnc2)n1. The number of nitro benzene ring substituents is 1. The highest BCUT2D eigenvalue weighted by Crippen LogP contribution is 2.30. The molecule has 0 unspecified atom stereocenters. The summed E-state index contributed by atoms with van der Waals surface area (Å²) >= 11 is 1.45. The van der Waals surface area contributed by atoms with Crippen LogP contribution in [0.2, 0.25) is 0 Å². The van der Waals surface area contributed by atoms with E-state index in [-0.39, 0.29) is 43.0 Å². The van der Waals surface area contributed by atoms with E-state index < -0.39 is 22.4 Å². The Bertz CT molecular complexity index is 1210. The summed E-state index contributed by atoms with van der Waals surface area (Å²) in [4.78, 5) is 57.1. The van der Waals surface area contributed by atoms with E-state index in [2.05, 4.69) is 15.3 Å². The lowest BCUT2D eigenvalue weighted by atomic mass is 10.1. The van der Waals surface area contributed by atoms with E-state index in [1.807, 2.05) is 17.5 Å². The van der Waals surface area contributed by atoms with Crippen LogP contribution in [0.1, 0.15) is 39.3 Å². The maximum absolute atomic E-state index is 12.5. The van der Waals surface area contributed by atoms with Gasteiger partial charge < -0.3 is 5.32 Å². The molecule has 32 heavy (non-hydrogen) atoms. The molecule has 11 heteroatoms. The van der Waals surface area contributed by atoms with E-state index in [9.17, 15) is 24.5 Å². The van der Waals surface area contributed by atoms with Crippen molar-refractivity contribution in [1.29, 1.82) is 0 Å². The fraction of sp³-hybridized carbons (Fsp3) is 0.190. The first kappa shape index (κ1) is 21.2. The average molecular weight is 451 g/mol. The van der Waals surface area contributed by atoms with Gasteiger partial charge in [0.25, 0.3) is 17.5 Å². The molecule has 1 aromatic carbocycles. The summed E-state index contributed by atoms with van der Waals surface area (Å²) in [5.74, 6) is -1.54. The smallest absolute Gasteiger partial charge is 0.282 e. The van der Waals surface area contributed by atoms with Crippen LogP contribution >= 0.6 is 11.3 Å². The minimum absolute atomic E-state index is 0.00121. The molecule has 3 amide bonds. The van der Waals surface area contributed by atoms with Crippen LogP contribution < -0.4 is 5.32 Å². The van der Waals surface area contributed by atoms with Gasteiger partial charge in [0.1, 0.15) is 10.6 Å². The van der Waals surface area contributed by atoms with Crippen molar-refractivity contribution in [3.05, 3.63) is 75.0 Å². The first-order valence-corrected chi connectivity index (χ1v) is 10.6. The maximum Gasteiger partial charge on any atom is 0.282 e. The standard InChI is InChI=1S/C21H17N5O5S/c27-17(23-11-14-12-32-19(24-14)13-4-2-8-22-10-13)7-3-9-25-20(28)15-5-1-6-16(26(30)31)18(15)21(25)29/h1-2,4-6,8,10,12H,3,7,9,11H2,(H,23,27). The predicted molar refractivity (Wildman–Crippen MR) is 115 cm³/mol. The molecule has 0 fully saturated rings. The number of thiazole rings is 1. The van der Waals surface area contributed by atoms with Crippen LogP contribution in [0.5, 0.6) is 0 Å². The van der Waals surface area contributed by atoms with Crippen molar-refractivity contribution in [1.82, 2.24) is 20.2 Å². The van der Waals surface area contributed by atoms with Crippen LogP contribution in [-0.4, -0.2) is 44.1 Å². The molecule has 4 rings (SSSR count). The third kappa shape index (κ3) is 4.23. The summed E-state index contributed by atoms with van der Waals surface area (Å²) in [7, 11) is 0. The molecular formula is C21H17N5O5S. The zero-order valence-electron chi connectivity index (χ0n) is 16.7. The average Bonchev–Trinajstić information content (AvgIpc) is 3.37. The number of nitro groups is 1. The number of hydrogen-bond acceptors (Lipinski definition) is 8. The molecule has 0 saturated heterocycles. The van der Waals surface area contributed by atoms with Crippen LogP contribution in [0.3, 0.4) is 0 Å². The molecule has 0 bridgehead atoms. The van der Waals surface area contributed by atoms with Gasteiger partial charge in [0.05, 0.1) is 22.7 Å². The molecule has 1 N–H and O–H groups in total. The zero-order chi connectivity index (χ0) is 22.7. The minimum atomic E-state index is -0.705. The first-order chi connectivity index (χ1) is 15.5. The molecular weight excluding hydrogens is 434 g/mol. The van der Waals surface area contributed by atoms with Gasteiger partial charge in [-0.1, -0.05) is 6.07 Å². The van der Waals surface area contributed by atoms with Crippen molar-refractivity contribution in [3.63, 3.8) is 0 Å². The molecule has 0 atom stereocenters. The highest BCUT2D eigenvalue weighted by Gasteiger charge is 2.40. The Morgan fingerprint density at radius 3 is 2.78 bits per heavy atom. The highest BCUT2D eigenvalue weighted by atomic mass is 32.1. The topological polar surface area (TPSA) is 135 Å². The second kappa shape index (κ2) is 9.02. The molecule has 0 spiro atoms. The number of carbonyl (C=O) groups excluding carboxylic acids is 3. The van der Waals surface area contributed by atoms with Crippen molar-refractivity contribution in [2.75, 3.05) is 6.54 Å². The first-order valence-electron chi connectivity index (χ1n) is 9.71. The second-order valence-corrected chi connectivity index (χ2v) is 7.84. The third-order valence-corrected chi connectivity index (χ3v) is 5.83. The lowest BCUT2D eigenvalue weighted by molar-refractivity contribution is -0.385. The van der Waals surface area contributed by atoms with E-state index >= 15 is 0 Å². The Hall–Kier alpha value is -3.99. The minimum Gasteiger partial charge on any atom is -0.350 e. The van der Waals surface area contributed by atoms with Gasteiger partial charge in [0, 0.05) is 42.4 Å². The monoisotopic (exact) mass is 451 g/mol. The predicted octanol–water partition coefficient (Wildman–Crippen LogP) is 2.81. The van der Waals surface area contributed by atoms with Crippen LogP contribution in [0.25, 0.3) is 10.6 Å². The lowest BCUT2D eigenvalue weighted by Crippen LogP contribution is -2.32. The van der Waals surface area contributed by atoms with E-state index in [1.54, 1.807) is 12.4 Å². The van der Waals surface area contributed by atoms with Crippen LogP contribution in [-0.2, 0) is 11.3 Å². The number of aromatic nitrogens is 2. The fourth-order valence-corrected chi connectivity index (χ4v) is 4.17. The number of pyridine rings is 1. The summed E-state index contributed by atoms with van der Waals surface area (Å²) in [6.45, 7) is 0.258. The van der Waals surface area contributed by atoms with Gasteiger partial charge >= 0.3 is 0 Å². The van der Waals surface area contributed by atoms with Crippen LogP contribution in [0.15, 0.2) is 48.1 Å². The Kier molecular flexibility index (Phi) is 5.99. The molecule has 2 aromatic heterocycles. The second-order valence-electron chi connectivity index (χ2n) is 6.98. The van der Waals surface area contributed by atoms with Crippen LogP contribution in [0.4, 0.5) is 5.69 Å². The van der Waals surface area contributed by atoms with Crippen LogP contribution in [0, 0.1) is 10.1 Å². The lowest BCUT2D eigenvalue weighted by Gasteiger charge is -2.13. The van der Waals surface area contributed by atoms with Gasteiger partial charge in [0.15, 0.2) is 0 Å². The quantitative estimate of drug-likeness (QED) is 0.316. The van der Waals surface area contributed by atoms with Crippen molar-refractivity contribution >= 4 is 34.7 Å². The van der Waals surface area contributed by atoms with E-state index in [0.717, 1.165) is 21.2 Å². The molecule has 1 aliphatic rings.